The molecule has 0 aromatic heterocycles. The van der Waals surface area contributed by atoms with Gasteiger partial charge in [0.2, 0.25) is 5.91 Å². The summed E-state index contributed by atoms with van der Waals surface area (Å²) in [5, 5.41) is 3.94. The third-order valence-electron chi connectivity index (χ3n) is 2.71. The number of nitrogens with zero attached hydrogens (tertiary/aromatic N) is 1. The van der Waals surface area contributed by atoms with Gasteiger partial charge in [0.15, 0.2) is 0 Å². The van der Waals surface area contributed by atoms with Gasteiger partial charge in [-0.1, -0.05) is 20.8 Å². The first kappa shape index (κ1) is 13.8. The van der Waals surface area contributed by atoms with E-state index in [1.165, 1.54) is 0 Å². The van der Waals surface area contributed by atoms with E-state index in [-0.39, 0.29) is 0 Å². The van der Waals surface area contributed by atoms with Crippen molar-refractivity contribution in [3.63, 3.8) is 0 Å². The summed E-state index contributed by atoms with van der Waals surface area (Å²) in [6.45, 7) is 9.27. The molecule has 0 saturated carbocycles. The Kier molecular flexibility index (Phi) is 6.21. The van der Waals surface area contributed by atoms with E-state index in [0.29, 0.717) is 23.6 Å². The van der Waals surface area contributed by atoms with Crippen LogP contribution in [0.2, 0.25) is 0 Å². The maximum absolute atomic E-state index is 11.9. The number of carbonyl (C=O) groups excluding carboxylic acids is 1. The molecule has 1 rings (SSSR count). The van der Waals surface area contributed by atoms with Crippen LogP contribution in [-0.4, -0.2) is 47.5 Å². The van der Waals surface area contributed by atoms with Gasteiger partial charge >= 0.3 is 0 Å². The van der Waals surface area contributed by atoms with Gasteiger partial charge in [0.05, 0.1) is 0 Å². The molecule has 0 aromatic rings. The van der Waals surface area contributed by atoms with Gasteiger partial charge in [-0.3, -0.25) is 4.79 Å². The van der Waals surface area contributed by atoms with E-state index in [4.69, 9.17) is 0 Å². The maximum atomic E-state index is 11.9. The van der Waals surface area contributed by atoms with E-state index in [9.17, 15) is 4.79 Å². The predicted octanol–water partition coefficient (Wildman–Crippen LogP) is 1.73. The molecule has 1 aliphatic rings. The molecule has 0 aromatic carbocycles. The number of nitrogens with one attached hydrogen (secondary N) is 1. The van der Waals surface area contributed by atoms with Gasteiger partial charge in [-0.2, -0.15) is 11.8 Å². The molecule has 0 bridgehead atoms. The molecule has 4 heteroatoms. The number of carbonyl (C=O) groups is 1. The summed E-state index contributed by atoms with van der Waals surface area (Å²) in [5.74, 6) is 1.43. The molecule has 94 valence electrons. The molecule has 1 unspecified atom stereocenters. The van der Waals surface area contributed by atoms with Crippen molar-refractivity contribution in [3.8, 4) is 0 Å². The van der Waals surface area contributed by atoms with Gasteiger partial charge in [0.1, 0.15) is 0 Å². The molecule has 3 nitrogen and oxygen atoms in total. The zero-order valence-corrected chi connectivity index (χ0v) is 11.5. The zero-order valence-electron chi connectivity index (χ0n) is 10.7. The molecular formula is C12H24N2OS. The van der Waals surface area contributed by atoms with Crippen molar-refractivity contribution in [1.82, 2.24) is 10.2 Å². The predicted molar refractivity (Wildman–Crippen MR) is 70.9 cm³/mol. The molecule has 0 aliphatic carbocycles. The van der Waals surface area contributed by atoms with Gasteiger partial charge < -0.3 is 10.2 Å². The van der Waals surface area contributed by atoms with Gasteiger partial charge in [-0.05, 0) is 13.0 Å². The molecule has 0 spiro atoms. The number of hydrogen-bond acceptors (Lipinski definition) is 3. The zero-order chi connectivity index (χ0) is 12.0. The minimum Gasteiger partial charge on any atom is -0.341 e. The first-order valence-corrected chi connectivity index (χ1v) is 7.27. The Morgan fingerprint density at radius 2 is 2.31 bits per heavy atom. The Balaban J connectivity index is 2.14. The van der Waals surface area contributed by atoms with Crippen LogP contribution in [0.3, 0.4) is 0 Å². The van der Waals surface area contributed by atoms with Crippen LogP contribution in [0.25, 0.3) is 0 Å². The molecule has 1 aliphatic heterocycles. The van der Waals surface area contributed by atoms with Crippen LogP contribution in [0.5, 0.6) is 0 Å². The van der Waals surface area contributed by atoms with E-state index in [1.807, 2.05) is 16.7 Å². The third kappa shape index (κ3) is 5.21. The molecule has 16 heavy (non-hydrogen) atoms. The largest absolute Gasteiger partial charge is 0.341 e. The van der Waals surface area contributed by atoms with Gasteiger partial charge in [-0.25, -0.2) is 0 Å². The SMILES string of the molecule is CC(C)NCCCC(=O)N1CCSC(C)C1. The van der Waals surface area contributed by atoms with Crippen LogP contribution < -0.4 is 5.32 Å². The summed E-state index contributed by atoms with van der Waals surface area (Å²) in [7, 11) is 0. The minimum atomic E-state index is 0.331. The average Bonchev–Trinajstić information content (AvgIpc) is 2.24. The van der Waals surface area contributed by atoms with Gasteiger partial charge in [0.25, 0.3) is 0 Å². The van der Waals surface area contributed by atoms with E-state index >= 15 is 0 Å². The van der Waals surface area contributed by atoms with Crippen molar-refractivity contribution in [2.24, 2.45) is 0 Å². The Morgan fingerprint density at radius 3 is 2.94 bits per heavy atom. The number of rotatable bonds is 5. The molecular weight excluding hydrogens is 220 g/mol. The number of amides is 1. The summed E-state index contributed by atoms with van der Waals surface area (Å²) in [6.07, 6.45) is 1.64. The van der Waals surface area contributed by atoms with Gasteiger partial charge in [0, 0.05) is 36.6 Å². The maximum Gasteiger partial charge on any atom is 0.222 e. The van der Waals surface area contributed by atoms with E-state index in [2.05, 4.69) is 26.1 Å². The smallest absolute Gasteiger partial charge is 0.222 e. The highest BCUT2D eigenvalue weighted by atomic mass is 32.2. The third-order valence-corrected chi connectivity index (χ3v) is 3.85. The Hall–Kier alpha value is -0.220. The van der Waals surface area contributed by atoms with E-state index in [1.54, 1.807) is 0 Å². The standard InChI is InChI=1S/C12H24N2OS/c1-10(2)13-6-4-5-12(15)14-7-8-16-11(3)9-14/h10-11,13H,4-9H2,1-3H3. The summed E-state index contributed by atoms with van der Waals surface area (Å²) in [6, 6.07) is 0.515. The summed E-state index contributed by atoms with van der Waals surface area (Å²) in [4.78, 5) is 13.9. The molecule has 1 N–H and O–H groups in total. The fourth-order valence-electron chi connectivity index (χ4n) is 1.83. The van der Waals surface area contributed by atoms with Crippen LogP contribution in [-0.2, 0) is 4.79 Å². The summed E-state index contributed by atoms with van der Waals surface area (Å²) >= 11 is 1.97. The quantitative estimate of drug-likeness (QED) is 0.748. The summed E-state index contributed by atoms with van der Waals surface area (Å²) < 4.78 is 0. The van der Waals surface area contributed by atoms with Crippen LogP contribution in [0.15, 0.2) is 0 Å². The second kappa shape index (κ2) is 7.17. The Labute approximate surface area is 103 Å². The lowest BCUT2D eigenvalue weighted by Crippen LogP contribution is -2.41. The molecule has 1 saturated heterocycles. The highest BCUT2D eigenvalue weighted by Crippen LogP contribution is 2.18. The van der Waals surface area contributed by atoms with Crippen molar-refractivity contribution in [2.45, 2.75) is 44.9 Å². The lowest BCUT2D eigenvalue weighted by molar-refractivity contribution is -0.131. The van der Waals surface area contributed by atoms with Crippen LogP contribution in [0, 0.1) is 0 Å². The fraction of sp³-hybridized carbons (Fsp3) is 0.917. The first-order valence-electron chi connectivity index (χ1n) is 6.22. The molecule has 1 amide bonds. The highest BCUT2D eigenvalue weighted by Gasteiger charge is 2.20. The Morgan fingerprint density at radius 1 is 1.56 bits per heavy atom. The normalized spacial score (nSPS) is 21.5. The van der Waals surface area contributed by atoms with Crippen molar-refractivity contribution < 1.29 is 4.79 Å². The number of hydrogen-bond donors (Lipinski definition) is 1. The highest BCUT2D eigenvalue weighted by molar-refractivity contribution is 7.99. The van der Waals surface area contributed by atoms with Crippen molar-refractivity contribution in [3.05, 3.63) is 0 Å². The van der Waals surface area contributed by atoms with Crippen molar-refractivity contribution >= 4 is 17.7 Å². The Bertz CT molecular complexity index is 221. The lowest BCUT2D eigenvalue weighted by Gasteiger charge is -2.30. The first-order chi connectivity index (χ1) is 7.59. The van der Waals surface area contributed by atoms with Crippen LogP contribution >= 0.6 is 11.8 Å². The van der Waals surface area contributed by atoms with Crippen LogP contribution in [0.4, 0.5) is 0 Å². The molecule has 1 atom stereocenters. The second-order valence-corrected chi connectivity index (χ2v) is 6.28. The number of thioether (sulfide) groups is 1. The second-order valence-electron chi connectivity index (χ2n) is 4.73. The van der Waals surface area contributed by atoms with E-state index < -0.39 is 0 Å². The molecule has 1 heterocycles. The lowest BCUT2D eigenvalue weighted by atomic mass is 10.2. The van der Waals surface area contributed by atoms with Crippen LogP contribution in [0.1, 0.15) is 33.6 Å². The van der Waals surface area contributed by atoms with Gasteiger partial charge in [-0.15, -0.1) is 0 Å². The molecule has 0 radical (unpaired) electrons. The fourth-order valence-corrected chi connectivity index (χ4v) is 2.85. The average molecular weight is 244 g/mol. The molecule has 1 fully saturated rings. The topological polar surface area (TPSA) is 32.3 Å². The monoisotopic (exact) mass is 244 g/mol. The van der Waals surface area contributed by atoms with E-state index in [0.717, 1.165) is 31.8 Å². The minimum absolute atomic E-state index is 0.331. The summed E-state index contributed by atoms with van der Waals surface area (Å²) in [5.41, 5.74) is 0. The van der Waals surface area contributed by atoms with Crippen molar-refractivity contribution in [1.29, 1.82) is 0 Å². The van der Waals surface area contributed by atoms with Crippen molar-refractivity contribution in [2.75, 3.05) is 25.4 Å².